The third-order valence-corrected chi connectivity index (χ3v) is 4.52. The van der Waals surface area contributed by atoms with Crippen LogP contribution in [0.15, 0.2) is 18.5 Å². The van der Waals surface area contributed by atoms with Gasteiger partial charge in [-0.05, 0) is 65.9 Å². The molecule has 0 bridgehead atoms. The third-order valence-electron chi connectivity index (χ3n) is 4.52. The zero-order valence-electron chi connectivity index (χ0n) is 17.5. The molecule has 8 heteroatoms. The van der Waals surface area contributed by atoms with Gasteiger partial charge in [0.25, 0.3) is 0 Å². The number of nitrogens with zero attached hydrogens (tertiary/aromatic N) is 3. The second kappa shape index (κ2) is 7.14. The number of hydrogen-bond donors (Lipinski definition) is 1. The van der Waals surface area contributed by atoms with Gasteiger partial charge in [0.05, 0.1) is 11.9 Å². The van der Waals surface area contributed by atoms with Crippen molar-refractivity contribution in [1.29, 1.82) is 0 Å². The average molecular weight is 390 g/mol. The Balaban J connectivity index is 1.88. The number of piperidine rings is 1. The van der Waals surface area contributed by atoms with E-state index in [0.29, 0.717) is 5.69 Å². The second-order valence-electron chi connectivity index (χ2n) is 9.45. The molecule has 1 saturated carbocycles. The van der Waals surface area contributed by atoms with E-state index < -0.39 is 23.4 Å². The molecule has 0 aromatic carbocycles. The molecule has 2 aliphatic rings. The van der Waals surface area contributed by atoms with Crippen LogP contribution >= 0.6 is 0 Å². The largest absolute Gasteiger partial charge is 0.443 e. The molecule has 8 nitrogen and oxygen atoms in total. The maximum absolute atomic E-state index is 12.9. The number of nitrogens with one attached hydrogen (secondary N) is 1. The first-order valence-corrected chi connectivity index (χ1v) is 9.65. The molecule has 2 fully saturated rings. The minimum atomic E-state index is -0.738. The van der Waals surface area contributed by atoms with Crippen LogP contribution in [-0.2, 0) is 9.47 Å². The Morgan fingerprint density at radius 3 is 2.29 bits per heavy atom. The van der Waals surface area contributed by atoms with E-state index in [1.165, 1.54) is 6.42 Å². The lowest BCUT2D eigenvalue weighted by atomic mass is 10.2. The summed E-state index contributed by atoms with van der Waals surface area (Å²) in [5.74, 6) is 1.43. The predicted molar refractivity (Wildman–Crippen MR) is 106 cm³/mol. The number of aromatic nitrogens is 1. The van der Waals surface area contributed by atoms with Crippen molar-refractivity contribution in [2.24, 2.45) is 11.8 Å². The molecule has 1 aliphatic carbocycles. The number of hydrogen-bond acceptors (Lipinski definition) is 6. The van der Waals surface area contributed by atoms with Crippen molar-refractivity contribution in [2.75, 3.05) is 23.0 Å². The summed E-state index contributed by atoms with van der Waals surface area (Å²) in [6, 6.07) is 1.86. The van der Waals surface area contributed by atoms with E-state index in [-0.39, 0.29) is 0 Å². The molecule has 2 heterocycles. The predicted octanol–water partition coefficient (Wildman–Crippen LogP) is 3.72. The quantitative estimate of drug-likeness (QED) is 0.775. The number of carbonyl (C=O) groups is 2. The molecule has 2 unspecified atom stereocenters. The molecule has 1 aromatic rings. The topological polar surface area (TPSA) is 84.0 Å². The number of rotatable bonds is 2. The van der Waals surface area contributed by atoms with Crippen LogP contribution in [-0.4, -0.2) is 41.5 Å². The summed E-state index contributed by atoms with van der Waals surface area (Å²) in [5.41, 5.74) is 2.41. The van der Waals surface area contributed by atoms with Crippen LogP contribution in [0, 0.1) is 11.8 Å². The SMILES string of the molecule is CC(C)(C)OC(=O)NN(C(=O)OC(C)(C)C)c1cnccc1N1CC2CC2C1. The Morgan fingerprint density at radius 2 is 1.71 bits per heavy atom. The molecule has 154 valence electrons. The maximum Gasteiger partial charge on any atom is 0.434 e. The van der Waals surface area contributed by atoms with Crippen LogP contribution in [0.5, 0.6) is 0 Å². The molecule has 2 amide bonds. The lowest BCUT2D eigenvalue weighted by molar-refractivity contribution is 0.0425. The molecule has 3 rings (SSSR count). The van der Waals surface area contributed by atoms with Crippen LogP contribution in [0.4, 0.5) is 21.0 Å². The monoisotopic (exact) mass is 390 g/mol. The lowest BCUT2D eigenvalue weighted by Crippen LogP contribution is -2.50. The summed E-state index contributed by atoms with van der Waals surface area (Å²) < 4.78 is 10.8. The summed E-state index contributed by atoms with van der Waals surface area (Å²) in [6.07, 6.45) is 3.07. The van der Waals surface area contributed by atoms with Crippen molar-refractivity contribution in [1.82, 2.24) is 10.4 Å². The summed E-state index contributed by atoms with van der Waals surface area (Å²) in [7, 11) is 0. The summed E-state index contributed by atoms with van der Waals surface area (Å²) in [6.45, 7) is 12.5. The van der Waals surface area contributed by atoms with Gasteiger partial charge < -0.3 is 14.4 Å². The van der Waals surface area contributed by atoms with Crippen LogP contribution < -0.4 is 15.3 Å². The normalized spacial score (nSPS) is 21.0. The van der Waals surface area contributed by atoms with Crippen molar-refractivity contribution in [3.05, 3.63) is 18.5 Å². The molecule has 28 heavy (non-hydrogen) atoms. The fraction of sp³-hybridized carbons (Fsp3) is 0.650. The summed E-state index contributed by atoms with van der Waals surface area (Å²) in [5, 5.41) is 1.09. The fourth-order valence-corrected chi connectivity index (χ4v) is 3.32. The van der Waals surface area contributed by atoms with Crippen molar-refractivity contribution < 1.29 is 19.1 Å². The minimum Gasteiger partial charge on any atom is -0.443 e. The smallest absolute Gasteiger partial charge is 0.434 e. The number of pyridine rings is 1. The fourth-order valence-electron chi connectivity index (χ4n) is 3.32. The van der Waals surface area contributed by atoms with E-state index in [9.17, 15) is 9.59 Å². The molecule has 2 atom stereocenters. The minimum absolute atomic E-state index is 0.462. The van der Waals surface area contributed by atoms with E-state index in [4.69, 9.17) is 9.47 Å². The Hall–Kier alpha value is -2.51. The average Bonchev–Trinajstić information content (AvgIpc) is 3.15. The summed E-state index contributed by atoms with van der Waals surface area (Å²) >= 11 is 0. The molecule has 1 N–H and O–H groups in total. The second-order valence-corrected chi connectivity index (χ2v) is 9.45. The zero-order valence-corrected chi connectivity index (χ0v) is 17.5. The molecule has 1 aliphatic heterocycles. The first-order valence-electron chi connectivity index (χ1n) is 9.65. The van der Waals surface area contributed by atoms with E-state index in [2.05, 4.69) is 15.3 Å². The molecule has 1 saturated heterocycles. The van der Waals surface area contributed by atoms with Gasteiger partial charge in [-0.1, -0.05) is 0 Å². The van der Waals surface area contributed by atoms with Crippen molar-refractivity contribution in [3.63, 3.8) is 0 Å². The Labute approximate surface area is 166 Å². The number of fused-ring (bicyclic) bond motifs is 1. The van der Waals surface area contributed by atoms with Crippen molar-refractivity contribution >= 4 is 23.6 Å². The highest BCUT2D eigenvalue weighted by molar-refractivity contribution is 5.94. The maximum atomic E-state index is 12.9. The molecular formula is C20H30N4O4. The van der Waals surface area contributed by atoms with Gasteiger partial charge >= 0.3 is 12.2 Å². The van der Waals surface area contributed by atoms with E-state index in [1.807, 2.05) is 6.07 Å². The van der Waals surface area contributed by atoms with Gasteiger partial charge in [0.1, 0.15) is 16.9 Å². The van der Waals surface area contributed by atoms with E-state index >= 15 is 0 Å². The number of hydrazine groups is 1. The van der Waals surface area contributed by atoms with E-state index in [1.54, 1.807) is 53.9 Å². The Kier molecular flexibility index (Phi) is 5.16. The van der Waals surface area contributed by atoms with Gasteiger partial charge in [-0.15, -0.1) is 0 Å². The van der Waals surface area contributed by atoms with Gasteiger partial charge in [0.15, 0.2) is 0 Å². The number of amides is 2. The highest BCUT2D eigenvalue weighted by Gasteiger charge is 2.46. The number of ether oxygens (including phenoxy) is 2. The molecular weight excluding hydrogens is 360 g/mol. The molecule has 0 radical (unpaired) electrons. The van der Waals surface area contributed by atoms with Gasteiger partial charge in [-0.25, -0.2) is 15.0 Å². The third kappa shape index (κ3) is 5.05. The first-order chi connectivity index (χ1) is 12.9. The summed E-state index contributed by atoms with van der Waals surface area (Å²) in [4.78, 5) is 31.7. The van der Waals surface area contributed by atoms with Crippen LogP contribution in [0.1, 0.15) is 48.0 Å². The van der Waals surface area contributed by atoms with Crippen molar-refractivity contribution in [2.45, 2.75) is 59.2 Å². The van der Waals surface area contributed by atoms with E-state index in [0.717, 1.165) is 35.6 Å². The van der Waals surface area contributed by atoms with Gasteiger partial charge in [-0.3, -0.25) is 4.98 Å². The van der Waals surface area contributed by atoms with Gasteiger partial charge in [-0.2, -0.15) is 5.01 Å². The number of carbonyl (C=O) groups excluding carboxylic acids is 2. The highest BCUT2D eigenvalue weighted by atomic mass is 16.6. The van der Waals surface area contributed by atoms with Crippen LogP contribution in [0.2, 0.25) is 0 Å². The first kappa shape index (κ1) is 20.2. The Bertz CT molecular complexity index is 743. The Morgan fingerprint density at radius 1 is 1.11 bits per heavy atom. The molecule has 1 aromatic heterocycles. The zero-order chi connectivity index (χ0) is 20.7. The standard InChI is InChI=1S/C20H30N4O4/c1-19(2,3)27-17(25)22-24(18(26)28-20(4,5)6)16-10-21-8-7-15(16)23-11-13-9-14(13)12-23/h7-8,10,13-14H,9,11-12H2,1-6H3,(H,22,25). The van der Waals surface area contributed by atoms with Gasteiger partial charge in [0.2, 0.25) is 0 Å². The number of anilines is 2. The van der Waals surface area contributed by atoms with Gasteiger partial charge in [0, 0.05) is 19.3 Å². The van der Waals surface area contributed by atoms with Crippen LogP contribution in [0.25, 0.3) is 0 Å². The molecule has 0 spiro atoms. The van der Waals surface area contributed by atoms with Crippen molar-refractivity contribution in [3.8, 4) is 0 Å². The lowest BCUT2D eigenvalue weighted by Gasteiger charge is -2.31. The van der Waals surface area contributed by atoms with Crippen LogP contribution in [0.3, 0.4) is 0 Å². The highest BCUT2D eigenvalue weighted by Crippen LogP contribution is 2.47.